The number of ether oxygens (including phenoxy) is 2. The van der Waals surface area contributed by atoms with Gasteiger partial charge in [-0.05, 0) is 31.2 Å². The fourth-order valence-electron chi connectivity index (χ4n) is 2.47. The van der Waals surface area contributed by atoms with Crippen LogP contribution >= 0.6 is 22.9 Å². The largest absolute Gasteiger partial charge is 0.464 e. The molecule has 0 aliphatic heterocycles. The number of benzene rings is 1. The number of rotatable bonds is 7. The zero-order valence-corrected chi connectivity index (χ0v) is 16.8. The van der Waals surface area contributed by atoms with Crippen molar-refractivity contribution in [2.45, 2.75) is 6.92 Å². The van der Waals surface area contributed by atoms with E-state index < -0.39 is 24.5 Å². The lowest BCUT2D eigenvalue weighted by Gasteiger charge is -2.09. The Labute approximate surface area is 175 Å². The third kappa shape index (κ3) is 4.85. The molecule has 29 heavy (non-hydrogen) atoms. The monoisotopic (exact) mass is 433 g/mol. The minimum absolute atomic E-state index is 0.158. The summed E-state index contributed by atoms with van der Waals surface area (Å²) in [5.74, 6) is -1.46. The van der Waals surface area contributed by atoms with Crippen molar-refractivity contribution >= 4 is 45.8 Å². The highest BCUT2D eigenvalue weighted by atomic mass is 35.5. The van der Waals surface area contributed by atoms with Crippen molar-refractivity contribution < 1.29 is 28.3 Å². The molecule has 0 saturated heterocycles. The maximum Gasteiger partial charge on any atom is 0.341 e. The van der Waals surface area contributed by atoms with Gasteiger partial charge in [-0.25, -0.2) is 9.59 Å². The Hall–Kier alpha value is -3.10. The van der Waals surface area contributed by atoms with Gasteiger partial charge in [-0.1, -0.05) is 23.7 Å². The second-order valence-electron chi connectivity index (χ2n) is 5.66. The van der Waals surface area contributed by atoms with Gasteiger partial charge in [-0.2, -0.15) is 0 Å². The zero-order valence-electron chi connectivity index (χ0n) is 15.3. The van der Waals surface area contributed by atoms with Gasteiger partial charge in [0, 0.05) is 10.9 Å². The van der Waals surface area contributed by atoms with Gasteiger partial charge in [0.2, 0.25) is 0 Å². The normalized spacial score (nSPS) is 10.4. The molecule has 2 aromatic heterocycles. The van der Waals surface area contributed by atoms with Crippen LogP contribution in [0.1, 0.15) is 27.6 Å². The number of furan rings is 1. The summed E-state index contributed by atoms with van der Waals surface area (Å²) in [5.41, 5.74) is 0.838. The van der Waals surface area contributed by atoms with Gasteiger partial charge in [0.1, 0.15) is 16.3 Å². The van der Waals surface area contributed by atoms with Crippen molar-refractivity contribution in [1.29, 1.82) is 0 Å². The molecule has 0 radical (unpaired) electrons. The molecule has 1 aromatic carbocycles. The Morgan fingerprint density at radius 1 is 1.10 bits per heavy atom. The smallest absolute Gasteiger partial charge is 0.341 e. The maximum absolute atomic E-state index is 12.4. The minimum atomic E-state index is -0.723. The Bertz CT molecular complexity index is 1030. The van der Waals surface area contributed by atoms with Crippen molar-refractivity contribution in [3.05, 3.63) is 64.2 Å². The van der Waals surface area contributed by atoms with Crippen LogP contribution in [0.5, 0.6) is 0 Å². The van der Waals surface area contributed by atoms with Crippen molar-refractivity contribution in [1.82, 2.24) is 0 Å². The lowest BCUT2D eigenvalue weighted by atomic mass is 10.1. The molecule has 0 atom stereocenters. The first kappa shape index (κ1) is 20.6. The zero-order chi connectivity index (χ0) is 20.8. The van der Waals surface area contributed by atoms with Crippen molar-refractivity contribution in [3.63, 3.8) is 0 Å². The van der Waals surface area contributed by atoms with Crippen LogP contribution < -0.4 is 5.32 Å². The van der Waals surface area contributed by atoms with Crippen LogP contribution in [-0.2, 0) is 14.3 Å². The molecule has 9 heteroatoms. The number of carbonyl (C=O) groups excluding carboxylic acids is 3. The van der Waals surface area contributed by atoms with E-state index in [2.05, 4.69) is 5.32 Å². The second-order valence-corrected chi connectivity index (χ2v) is 6.94. The number of nitrogens with one attached hydrogen (secondary N) is 1. The first-order valence-electron chi connectivity index (χ1n) is 8.55. The fraction of sp³-hybridized carbons (Fsp3) is 0.150. The number of amides is 1. The SMILES string of the molecule is CCOC(=O)c1c(-c2ccco2)csc1NC(=O)COC(=O)c1ccccc1Cl. The van der Waals surface area contributed by atoms with Crippen molar-refractivity contribution in [2.24, 2.45) is 0 Å². The molecule has 0 aliphatic carbocycles. The van der Waals surface area contributed by atoms with Crippen molar-refractivity contribution in [3.8, 4) is 11.3 Å². The summed E-state index contributed by atoms with van der Waals surface area (Å²) in [6.45, 7) is 1.32. The Morgan fingerprint density at radius 2 is 1.90 bits per heavy atom. The summed E-state index contributed by atoms with van der Waals surface area (Å²) in [4.78, 5) is 36.7. The Balaban J connectivity index is 1.72. The molecule has 1 amide bonds. The van der Waals surface area contributed by atoms with Gasteiger partial charge >= 0.3 is 11.9 Å². The van der Waals surface area contributed by atoms with Gasteiger partial charge < -0.3 is 19.2 Å². The molecule has 0 aliphatic rings. The molecule has 7 nitrogen and oxygen atoms in total. The number of anilines is 1. The summed E-state index contributed by atoms with van der Waals surface area (Å²) in [6, 6.07) is 9.74. The van der Waals surface area contributed by atoms with Crippen LogP contribution in [0.2, 0.25) is 5.02 Å². The van der Waals surface area contributed by atoms with Crippen LogP contribution in [0, 0.1) is 0 Å². The Kier molecular flexibility index (Phi) is 6.69. The number of hydrogen-bond acceptors (Lipinski definition) is 7. The van der Waals surface area contributed by atoms with E-state index in [4.69, 9.17) is 25.5 Å². The standard InChI is InChI=1S/C20H16ClNO6S/c1-2-26-20(25)17-13(15-8-5-9-27-15)11-29-18(17)22-16(23)10-28-19(24)12-6-3-4-7-14(12)21/h3-9,11H,2,10H2,1H3,(H,22,23). The molecule has 0 spiro atoms. The molecule has 3 rings (SSSR count). The molecule has 1 N–H and O–H groups in total. The first-order chi connectivity index (χ1) is 14.0. The highest BCUT2D eigenvalue weighted by molar-refractivity contribution is 7.15. The lowest BCUT2D eigenvalue weighted by molar-refractivity contribution is -0.119. The van der Waals surface area contributed by atoms with Crippen LogP contribution in [0.25, 0.3) is 11.3 Å². The number of esters is 2. The predicted molar refractivity (Wildman–Crippen MR) is 108 cm³/mol. The molecular formula is C20H16ClNO6S. The van der Waals surface area contributed by atoms with Crippen LogP contribution in [0.4, 0.5) is 5.00 Å². The van der Waals surface area contributed by atoms with E-state index in [1.165, 1.54) is 12.3 Å². The summed E-state index contributed by atoms with van der Waals surface area (Å²) < 4.78 is 15.4. The second kappa shape index (κ2) is 9.40. The summed E-state index contributed by atoms with van der Waals surface area (Å²) in [5, 5.41) is 4.76. The van der Waals surface area contributed by atoms with Gasteiger partial charge in [-0.3, -0.25) is 4.79 Å². The van der Waals surface area contributed by atoms with E-state index in [0.29, 0.717) is 11.3 Å². The topological polar surface area (TPSA) is 94.8 Å². The predicted octanol–water partition coefficient (Wildman–Crippen LogP) is 4.63. The lowest BCUT2D eigenvalue weighted by Crippen LogP contribution is -2.22. The highest BCUT2D eigenvalue weighted by Gasteiger charge is 2.24. The van der Waals surface area contributed by atoms with E-state index in [-0.39, 0.29) is 27.8 Å². The average Bonchev–Trinajstić information content (AvgIpc) is 3.36. The quantitative estimate of drug-likeness (QED) is 0.545. The van der Waals surface area contributed by atoms with Crippen LogP contribution in [0.3, 0.4) is 0 Å². The molecule has 150 valence electrons. The molecule has 3 aromatic rings. The minimum Gasteiger partial charge on any atom is -0.464 e. The van der Waals surface area contributed by atoms with E-state index in [9.17, 15) is 14.4 Å². The van der Waals surface area contributed by atoms with Gasteiger partial charge in [0.15, 0.2) is 6.61 Å². The van der Waals surface area contributed by atoms with Crippen molar-refractivity contribution in [2.75, 3.05) is 18.5 Å². The van der Waals surface area contributed by atoms with Crippen LogP contribution in [-0.4, -0.2) is 31.1 Å². The van der Waals surface area contributed by atoms with E-state index in [1.807, 2.05) is 0 Å². The molecule has 0 bridgehead atoms. The first-order valence-corrected chi connectivity index (χ1v) is 9.81. The third-order valence-electron chi connectivity index (χ3n) is 3.74. The number of halogens is 1. The molecule has 0 saturated carbocycles. The molecule has 0 fully saturated rings. The van der Waals surface area contributed by atoms with E-state index in [1.54, 1.807) is 42.6 Å². The summed E-state index contributed by atoms with van der Waals surface area (Å²) >= 11 is 7.08. The molecule has 0 unspecified atom stereocenters. The van der Waals surface area contributed by atoms with Gasteiger partial charge in [0.25, 0.3) is 5.91 Å². The summed E-state index contributed by atoms with van der Waals surface area (Å²) in [6.07, 6.45) is 1.48. The molecular weight excluding hydrogens is 418 g/mol. The maximum atomic E-state index is 12.4. The summed E-state index contributed by atoms with van der Waals surface area (Å²) in [7, 11) is 0. The van der Waals surface area contributed by atoms with E-state index in [0.717, 1.165) is 11.3 Å². The third-order valence-corrected chi connectivity index (χ3v) is 4.96. The number of thiophene rings is 1. The van der Waals surface area contributed by atoms with E-state index >= 15 is 0 Å². The number of carbonyl (C=O) groups is 3. The van der Waals surface area contributed by atoms with Gasteiger partial charge in [-0.15, -0.1) is 11.3 Å². The molecule has 2 heterocycles. The number of hydrogen-bond donors (Lipinski definition) is 1. The fourth-order valence-corrected chi connectivity index (χ4v) is 3.63. The highest BCUT2D eigenvalue weighted by Crippen LogP contribution is 2.36. The van der Waals surface area contributed by atoms with Gasteiger partial charge in [0.05, 0.1) is 23.5 Å². The average molecular weight is 434 g/mol. The Morgan fingerprint density at radius 3 is 2.59 bits per heavy atom. The van der Waals surface area contributed by atoms with Crippen LogP contribution in [0.15, 0.2) is 52.5 Å².